The lowest BCUT2D eigenvalue weighted by Gasteiger charge is -2.26. The topological polar surface area (TPSA) is 88.5 Å². The van der Waals surface area contributed by atoms with Crippen molar-refractivity contribution in [1.82, 2.24) is 0 Å². The Bertz CT molecular complexity index is 475. The van der Waals surface area contributed by atoms with E-state index >= 15 is 0 Å². The van der Waals surface area contributed by atoms with Crippen molar-refractivity contribution in [3.8, 4) is 0 Å². The predicted octanol–water partition coefficient (Wildman–Crippen LogP) is 0.412. The number of hydrogen-bond acceptors (Lipinski definition) is 6. The number of carbonyl (C=O) groups excluding carboxylic acids is 1. The lowest BCUT2D eigenvalue weighted by molar-refractivity contribution is -0.145. The molecule has 6 atom stereocenters. The van der Waals surface area contributed by atoms with E-state index in [9.17, 15) is 15.0 Å². The summed E-state index contributed by atoms with van der Waals surface area (Å²) in [5.74, 6) is -1.18. The number of epoxide rings is 1. The summed E-state index contributed by atoms with van der Waals surface area (Å²) in [5, 5.41) is 20.1. The first-order chi connectivity index (χ1) is 10.5. The van der Waals surface area contributed by atoms with E-state index in [1.165, 1.54) is 7.11 Å². The summed E-state index contributed by atoms with van der Waals surface area (Å²) < 4.78 is 16.4. The number of esters is 1. The molecule has 6 heteroatoms. The van der Waals surface area contributed by atoms with Crippen LogP contribution in [0, 0.1) is 11.8 Å². The molecule has 0 spiro atoms. The van der Waals surface area contributed by atoms with E-state index in [0.29, 0.717) is 12.8 Å². The van der Waals surface area contributed by atoms with Crippen molar-refractivity contribution in [2.75, 3.05) is 20.3 Å². The van der Waals surface area contributed by atoms with Gasteiger partial charge in [0, 0.05) is 19.4 Å². The Morgan fingerprint density at radius 1 is 1.50 bits per heavy atom. The molecule has 2 saturated heterocycles. The standard InChI is InChI=1S/C16H24O6/c1-16-6-12-14(10(8-20-2)15(19)21-12)11(18)5-9(7-17)3-4-13(16)22-16/h5,10-14,17-18H,3-4,6-8H2,1-2H3/b9-5-/t10-,11-,12+,13-,14+,16-/m1/s1. The summed E-state index contributed by atoms with van der Waals surface area (Å²) in [7, 11) is 1.53. The number of fused-ring (bicyclic) bond motifs is 2. The van der Waals surface area contributed by atoms with E-state index in [2.05, 4.69) is 0 Å². The van der Waals surface area contributed by atoms with Crippen LogP contribution < -0.4 is 0 Å². The van der Waals surface area contributed by atoms with Crippen LogP contribution in [0.1, 0.15) is 26.2 Å². The lowest BCUT2D eigenvalue weighted by Crippen LogP contribution is -2.37. The van der Waals surface area contributed by atoms with Crippen molar-refractivity contribution >= 4 is 5.97 Å². The highest BCUT2D eigenvalue weighted by atomic mass is 16.6. The molecule has 0 aromatic heterocycles. The second-order valence-electron chi connectivity index (χ2n) is 6.75. The molecule has 3 aliphatic rings. The maximum Gasteiger partial charge on any atom is 0.312 e. The second-order valence-corrected chi connectivity index (χ2v) is 6.75. The maximum absolute atomic E-state index is 12.1. The first-order valence-electron chi connectivity index (χ1n) is 7.84. The molecule has 22 heavy (non-hydrogen) atoms. The fourth-order valence-corrected chi connectivity index (χ4v) is 3.84. The van der Waals surface area contributed by atoms with Gasteiger partial charge in [-0.2, -0.15) is 0 Å². The zero-order valence-electron chi connectivity index (χ0n) is 13.0. The van der Waals surface area contributed by atoms with Gasteiger partial charge in [0.2, 0.25) is 0 Å². The minimum absolute atomic E-state index is 0.0956. The van der Waals surface area contributed by atoms with Gasteiger partial charge in [-0.05, 0) is 25.3 Å². The summed E-state index contributed by atoms with van der Waals surface area (Å²) in [4.78, 5) is 12.1. The molecule has 1 aliphatic carbocycles. The van der Waals surface area contributed by atoms with Crippen LogP contribution in [0.15, 0.2) is 11.6 Å². The van der Waals surface area contributed by atoms with Crippen molar-refractivity contribution in [1.29, 1.82) is 0 Å². The molecule has 6 nitrogen and oxygen atoms in total. The van der Waals surface area contributed by atoms with Gasteiger partial charge < -0.3 is 24.4 Å². The Labute approximate surface area is 130 Å². The normalized spacial score (nSPS) is 47.0. The van der Waals surface area contributed by atoms with E-state index < -0.39 is 12.0 Å². The van der Waals surface area contributed by atoms with Crippen LogP contribution in [0.4, 0.5) is 0 Å². The minimum atomic E-state index is -0.836. The van der Waals surface area contributed by atoms with E-state index in [-0.39, 0.29) is 42.9 Å². The van der Waals surface area contributed by atoms with Crippen LogP contribution in [0.3, 0.4) is 0 Å². The maximum atomic E-state index is 12.1. The summed E-state index contributed by atoms with van der Waals surface area (Å²) in [6.07, 6.45) is 2.67. The molecule has 0 unspecified atom stereocenters. The van der Waals surface area contributed by atoms with E-state index in [1.54, 1.807) is 6.08 Å². The average Bonchev–Trinajstić information content (AvgIpc) is 3.01. The summed E-state index contributed by atoms with van der Waals surface area (Å²) in [6, 6.07) is 0. The highest BCUT2D eigenvalue weighted by Gasteiger charge is 2.58. The molecule has 0 bridgehead atoms. The van der Waals surface area contributed by atoms with Crippen LogP contribution in [0.2, 0.25) is 0 Å². The molecule has 0 aromatic rings. The van der Waals surface area contributed by atoms with E-state index in [1.807, 2.05) is 6.92 Å². The quantitative estimate of drug-likeness (QED) is 0.446. The van der Waals surface area contributed by atoms with Crippen LogP contribution >= 0.6 is 0 Å². The number of aliphatic hydroxyl groups is 2. The molecule has 0 saturated carbocycles. The molecule has 0 amide bonds. The van der Waals surface area contributed by atoms with Crippen LogP contribution in [0.25, 0.3) is 0 Å². The Morgan fingerprint density at radius 2 is 2.27 bits per heavy atom. The van der Waals surface area contributed by atoms with Crippen LogP contribution in [-0.4, -0.2) is 60.4 Å². The van der Waals surface area contributed by atoms with Gasteiger partial charge in [-0.25, -0.2) is 0 Å². The van der Waals surface area contributed by atoms with Crippen molar-refractivity contribution in [3.05, 3.63) is 11.6 Å². The number of methoxy groups -OCH3 is 1. The highest BCUT2D eigenvalue weighted by molar-refractivity contribution is 5.75. The van der Waals surface area contributed by atoms with Gasteiger partial charge in [0.1, 0.15) is 6.10 Å². The molecule has 0 aromatic carbocycles. The zero-order valence-corrected chi connectivity index (χ0v) is 13.0. The van der Waals surface area contributed by atoms with Crippen molar-refractivity contribution in [2.45, 2.75) is 50.1 Å². The molecule has 2 N–H and O–H groups in total. The first kappa shape index (κ1) is 15.9. The molecule has 2 aliphatic heterocycles. The van der Waals surface area contributed by atoms with Gasteiger partial charge >= 0.3 is 5.97 Å². The van der Waals surface area contributed by atoms with Crippen molar-refractivity contribution in [3.63, 3.8) is 0 Å². The third-order valence-corrected chi connectivity index (χ3v) is 5.18. The number of carbonyl (C=O) groups is 1. The Hall–Kier alpha value is -0.950. The molecule has 3 rings (SSSR count). The Kier molecular flexibility index (Phi) is 4.29. The second kappa shape index (κ2) is 5.92. The third-order valence-electron chi connectivity index (χ3n) is 5.18. The molecule has 124 valence electrons. The summed E-state index contributed by atoms with van der Waals surface area (Å²) in [5.41, 5.74) is 0.476. The van der Waals surface area contributed by atoms with Gasteiger partial charge in [0.25, 0.3) is 0 Å². The molecular weight excluding hydrogens is 288 g/mol. The Balaban J connectivity index is 1.90. The smallest absolute Gasteiger partial charge is 0.312 e. The Morgan fingerprint density at radius 3 is 2.95 bits per heavy atom. The average molecular weight is 312 g/mol. The third kappa shape index (κ3) is 2.80. The summed E-state index contributed by atoms with van der Waals surface area (Å²) >= 11 is 0. The van der Waals surface area contributed by atoms with Crippen molar-refractivity contribution < 1.29 is 29.2 Å². The molecular formula is C16H24O6. The number of rotatable bonds is 3. The monoisotopic (exact) mass is 312 g/mol. The fraction of sp³-hybridized carbons (Fsp3) is 0.812. The van der Waals surface area contributed by atoms with Crippen LogP contribution in [0.5, 0.6) is 0 Å². The number of ether oxygens (including phenoxy) is 3. The van der Waals surface area contributed by atoms with E-state index in [0.717, 1.165) is 12.0 Å². The summed E-state index contributed by atoms with van der Waals surface area (Å²) in [6.45, 7) is 2.14. The van der Waals surface area contributed by atoms with Crippen molar-refractivity contribution in [2.24, 2.45) is 11.8 Å². The zero-order chi connectivity index (χ0) is 15.9. The van der Waals surface area contributed by atoms with Gasteiger partial charge in [-0.3, -0.25) is 4.79 Å². The fourth-order valence-electron chi connectivity index (χ4n) is 3.84. The molecule has 2 heterocycles. The number of hydrogen-bond donors (Lipinski definition) is 2. The number of aliphatic hydroxyl groups excluding tert-OH is 2. The molecule has 2 fully saturated rings. The van der Waals surface area contributed by atoms with Gasteiger partial charge in [0.15, 0.2) is 0 Å². The lowest BCUT2D eigenvalue weighted by atomic mass is 9.80. The van der Waals surface area contributed by atoms with Gasteiger partial charge in [0.05, 0.1) is 36.9 Å². The van der Waals surface area contributed by atoms with Crippen LogP contribution in [-0.2, 0) is 19.0 Å². The van der Waals surface area contributed by atoms with Gasteiger partial charge in [-0.1, -0.05) is 6.08 Å². The van der Waals surface area contributed by atoms with E-state index in [4.69, 9.17) is 14.2 Å². The predicted molar refractivity (Wildman–Crippen MR) is 77.0 cm³/mol. The first-order valence-corrected chi connectivity index (χ1v) is 7.84. The van der Waals surface area contributed by atoms with Gasteiger partial charge in [-0.15, -0.1) is 0 Å². The molecule has 0 radical (unpaired) electrons. The highest BCUT2D eigenvalue weighted by Crippen LogP contribution is 2.48. The SMILES string of the molecule is COC[C@H]1C(=O)O[C@H]2C[C@@]3(C)O[C@@H]3CC/C(CO)=C/[C@@H](O)[C@@H]21. The minimum Gasteiger partial charge on any atom is -0.462 e. The largest absolute Gasteiger partial charge is 0.462 e.